The Kier molecular flexibility index (Phi) is 8.06. The lowest BCUT2D eigenvalue weighted by atomic mass is 10.0. The van der Waals surface area contributed by atoms with Crippen molar-refractivity contribution in [3.63, 3.8) is 0 Å². The van der Waals surface area contributed by atoms with E-state index in [0.717, 1.165) is 18.8 Å². The average molecular weight is 317 g/mol. The molecule has 0 aromatic heterocycles. The van der Waals surface area contributed by atoms with Crippen LogP contribution >= 0.6 is 0 Å². The average Bonchev–Trinajstić information content (AvgIpc) is 2.55. The molecule has 116 valence electrons. The number of rotatable bonds is 5. The van der Waals surface area contributed by atoms with Crippen molar-refractivity contribution in [1.82, 2.24) is 0 Å². The van der Waals surface area contributed by atoms with E-state index in [9.17, 15) is 8.42 Å². The van der Waals surface area contributed by atoms with Crippen LogP contribution in [0.2, 0.25) is 0 Å². The molecule has 7 nitrogen and oxygen atoms in total. The molecule has 19 heavy (non-hydrogen) atoms. The van der Waals surface area contributed by atoms with Crippen molar-refractivity contribution in [2.24, 2.45) is 5.92 Å². The van der Waals surface area contributed by atoms with E-state index in [1.54, 1.807) is 4.90 Å². The second kappa shape index (κ2) is 8.15. The van der Waals surface area contributed by atoms with E-state index in [1.807, 2.05) is 0 Å². The first-order valence-electron chi connectivity index (χ1n) is 6.14. The van der Waals surface area contributed by atoms with Crippen LogP contribution in [0, 0.1) is 5.92 Å². The lowest BCUT2D eigenvalue weighted by Crippen LogP contribution is -3.07. The highest BCUT2D eigenvalue weighted by atomic mass is 32.2. The largest absolute Gasteiger partial charge is 0.748 e. The summed E-state index contributed by atoms with van der Waals surface area (Å²) < 4.78 is 56.6. The first-order chi connectivity index (χ1) is 8.47. The summed E-state index contributed by atoms with van der Waals surface area (Å²) in [6, 6.07) is 0. The minimum Gasteiger partial charge on any atom is -0.748 e. The van der Waals surface area contributed by atoms with Gasteiger partial charge in [-0.25, -0.2) is 8.42 Å². The normalized spacial score (nSPS) is 23.8. The van der Waals surface area contributed by atoms with Crippen molar-refractivity contribution in [3.8, 4) is 0 Å². The molecule has 0 aliphatic carbocycles. The van der Waals surface area contributed by atoms with E-state index in [2.05, 4.69) is 7.05 Å². The van der Waals surface area contributed by atoms with Crippen LogP contribution in [0.4, 0.5) is 0 Å². The molecule has 0 spiro atoms. The highest BCUT2D eigenvalue weighted by Gasteiger charge is 2.22. The van der Waals surface area contributed by atoms with Gasteiger partial charge in [-0.15, -0.1) is 0 Å². The Labute approximate surface area is 115 Å². The number of likely N-dealkylation sites (tertiary alicyclic amines) is 1. The SMILES string of the molecule is CS(=O)(=O)[O-].C[NH+]1CCC(CCCCS(=O)(=O)O)C1. The van der Waals surface area contributed by atoms with E-state index in [4.69, 9.17) is 17.5 Å². The molecule has 9 heteroatoms. The summed E-state index contributed by atoms with van der Waals surface area (Å²) in [6.45, 7) is 2.45. The summed E-state index contributed by atoms with van der Waals surface area (Å²) in [4.78, 5) is 1.57. The van der Waals surface area contributed by atoms with Gasteiger partial charge in [0.1, 0.15) is 0 Å². The van der Waals surface area contributed by atoms with Gasteiger partial charge in [-0.1, -0.05) is 6.42 Å². The third-order valence-electron chi connectivity index (χ3n) is 2.88. The van der Waals surface area contributed by atoms with Gasteiger partial charge in [-0.05, 0) is 12.8 Å². The van der Waals surface area contributed by atoms with Crippen molar-refractivity contribution in [2.45, 2.75) is 25.7 Å². The third kappa shape index (κ3) is 15.7. The Morgan fingerprint density at radius 2 is 1.79 bits per heavy atom. The Hall–Kier alpha value is -0.220. The number of quaternary nitrogens is 1. The molecule has 1 fully saturated rings. The van der Waals surface area contributed by atoms with Gasteiger partial charge in [-0.3, -0.25) is 4.55 Å². The van der Waals surface area contributed by atoms with Gasteiger partial charge in [0, 0.05) is 18.6 Å². The molecule has 1 heterocycles. The molecular weight excluding hydrogens is 294 g/mol. The lowest BCUT2D eigenvalue weighted by molar-refractivity contribution is -0.867. The lowest BCUT2D eigenvalue weighted by Gasteiger charge is -2.06. The highest BCUT2D eigenvalue weighted by Crippen LogP contribution is 2.13. The Morgan fingerprint density at radius 3 is 2.16 bits per heavy atom. The van der Waals surface area contributed by atoms with Crippen molar-refractivity contribution >= 4 is 20.2 Å². The molecule has 1 aliphatic heterocycles. The number of hydrogen-bond donors (Lipinski definition) is 2. The second-order valence-corrected chi connectivity index (χ2v) is 8.03. The summed E-state index contributed by atoms with van der Waals surface area (Å²) in [5.41, 5.74) is 0. The van der Waals surface area contributed by atoms with Gasteiger partial charge in [0.05, 0.1) is 36.0 Å². The van der Waals surface area contributed by atoms with Crippen LogP contribution in [-0.4, -0.2) is 58.1 Å². The van der Waals surface area contributed by atoms with Crippen molar-refractivity contribution in [3.05, 3.63) is 0 Å². The summed E-state index contributed by atoms with van der Waals surface area (Å²) in [7, 11) is -5.46. The van der Waals surface area contributed by atoms with Gasteiger partial charge in [-0.2, -0.15) is 8.42 Å². The molecule has 1 rings (SSSR count). The van der Waals surface area contributed by atoms with Crippen LogP contribution in [0.15, 0.2) is 0 Å². The van der Waals surface area contributed by atoms with Crippen molar-refractivity contribution in [1.29, 1.82) is 0 Å². The minimum atomic E-state index is -3.92. The highest BCUT2D eigenvalue weighted by molar-refractivity contribution is 7.85. The molecule has 0 radical (unpaired) electrons. The maximum Gasteiger partial charge on any atom is 0.264 e. The molecule has 0 saturated carbocycles. The molecular formula is C10H23NO6S2. The number of nitrogens with one attached hydrogen (secondary N) is 1. The second-order valence-electron chi connectivity index (χ2n) is 5.05. The van der Waals surface area contributed by atoms with Crippen LogP contribution < -0.4 is 4.90 Å². The van der Waals surface area contributed by atoms with Crippen LogP contribution in [0.1, 0.15) is 25.7 Å². The van der Waals surface area contributed by atoms with Crippen LogP contribution in [0.25, 0.3) is 0 Å². The molecule has 1 saturated heterocycles. The van der Waals surface area contributed by atoms with Crippen LogP contribution in [0.5, 0.6) is 0 Å². The number of hydrogen-bond acceptors (Lipinski definition) is 5. The zero-order chi connectivity index (χ0) is 15.1. The Bertz CT molecular complexity index is 437. The Morgan fingerprint density at radius 1 is 1.26 bits per heavy atom. The van der Waals surface area contributed by atoms with Gasteiger partial charge in [0.25, 0.3) is 10.1 Å². The van der Waals surface area contributed by atoms with Gasteiger partial charge in [0.2, 0.25) is 0 Å². The number of unbranched alkanes of at least 4 members (excludes halogenated alkanes) is 1. The van der Waals surface area contributed by atoms with E-state index < -0.39 is 20.2 Å². The van der Waals surface area contributed by atoms with Crippen LogP contribution in [-0.2, 0) is 20.2 Å². The zero-order valence-electron chi connectivity index (χ0n) is 11.3. The molecule has 0 aromatic carbocycles. The zero-order valence-corrected chi connectivity index (χ0v) is 13.0. The van der Waals surface area contributed by atoms with E-state index in [1.165, 1.54) is 19.5 Å². The fourth-order valence-electron chi connectivity index (χ4n) is 2.11. The third-order valence-corrected chi connectivity index (χ3v) is 3.69. The van der Waals surface area contributed by atoms with E-state index in [0.29, 0.717) is 12.7 Å². The van der Waals surface area contributed by atoms with E-state index in [-0.39, 0.29) is 5.75 Å². The van der Waals surface area contributed by atoms with Crippen molar-refractivity contribution < 1.29 is 30.8 Å². The maximum atomic E-state index is 10.4. The first kappa shape index (κ1) is 18.8. The summed E-state index contributed by atoms with van der Waals surface area (Å²) >= 11 is 0. The summed E-state index contributed by atoms with van der Waals surface area (Å²) in [5.74, 6) is 0.680. The molecule has 0 amide bonds. The summed E-state index contributed by atoms with van der Waals surface area (Å²) in [5, 5.41) is 0. The fraction of sp³-hybridized carbons (Fsp3) is 1.00. The molecule has 2 atom stereocenters. The van der Waals surface area contributed by atoms with Gasteiger partial charge < -0.3 is 9.45 Å². The smallest absolute Gasteiger partial charge is 0.264 e. The Balaban J connectivity index is 0.000000555. The van der Waals surface area contributed by atoms with Crippen molar-refractivity contribution in [2.75, 3.05) is 32.1 Å². The summed E-state index contributed by atoms with van der Waals surface area (Å²) in [6.07, 6.45) is 4.48. The molecule has 2 unspecified atom stereocenters. The standard InChI is InChI=1S/C9H19NO3S.CH4O3S/c1-10-6-5-9(8-10)4-2-3-7-14(11,12)13;1-5(2,3)4/h9H,2-8H2,1H3,(H,11,12,13);1H3,(H,2,3,4). The predicted octanol–water partition coefficient (Wildman–Crippen LogP) is -1.26. The fourth-order valence-corrected chi connectivity index (χ4v) is 2.68. The maximum absolute atomic E-state index is 10.4. The quantitative estimate of drug-likeness (QED) is 0.483. The molecule has 1 aliphatic rings. The minimum absolute atomic E-state index is 0.0809. The molecule has 0 bridgehead atoms. The molecule has 0 aromatic rings. The monoisotopic (exact) mass is 317 g/mol. The van der Waals surface area contributed by atoms with Gasteiger partial charge >= 0.3 is 0 Å². The topological polar surface area (TPSA) is 116 Å². The predicted molar refractivity (Wildman–Crippen MR) is 70.6 cm³/mol. The molecule has 2 N–H and O–H groups in total. The van der Waals surface area contributed by atoms with Crippen LogP contribution in [0.3, 0.4) is 0 Å². The van der Waals surface area contributed by atoms with Gasteiger partial charge in [0.15, 0.2) is 0 Å². The van der Waals surface area contributed by atoms with E-state index >= 15 is 0 Å². The first-order valence-corrected chi connectivity index (χ1v) is 9.57.